The zero-order chi connectivity index (χ0) is 21.7. The van der Waals surface area contributed by atoms with Crippen LogP contribution in [0.4, 0.5) is 4.39 Å². The van der Waals surface area contributed by atoms with Crippen molar-refractivity contribution in [1.82, 2.24) is 4.57 Å². The Morgan fingerprint density at radius 2 is 1.70 bits per heavy atom. The van der Waals surface area contributed by atoms with Crippen LogP contribution in [0.15, 0.2) is 30.5 Å². The topological polar surface area (TPSA) is 85.5 Å². The van der Waals surface area contributed by atoms with E-state index in [1.54, 1.807) is 12.1 Å². The van der Waals surface area contributed by atoms with Gasteiger partial charge < -0.3 is 24.7 Å². The Labute approximate surface area is 200 Å². The van der Waals surface area contributed by atoms with Gasteiger partial charge in [0.25, 0.3) is 0 Å². The molecule has 1 heterocycles. The fraction of sp³-hybridized carbons (Fsp3) is 0.522. The number of hydrogen-bond acceptors (Lipinski definition) is 4. The third-order valence-corrected chi connectivity index (χ3v) is 5.11. The van der Waals surface area contributed by atoms with Crippen molar-refractivity contribution in [3.05, 3.63) is 47.5 Å². The molecule has 1 aromatic carbocycles. The minimum Gasteiger partial charge on any atom is -0.550 e. The molecule has 160 valence electrons. The molecule has 0 radical (unpaired) electrons. The molecule has 7 heteroatoms. The zero-order valence-electron chi connectivity index (χ0n) is 18.6. The number of aliphatic carboxylic acids is 1. The van der Waals surface area contributed by atoms with Gasteiger partial charge in [-0.3, -0.25) is 0 Å². The van der Waals surface area contributed by atoms with E-state index in [0.717, 1.165) is 16.7 Å². The number of carboxylic acids is 1. The summed E-state index contributed by atoms with van der Waals surface area (Å²) >= 11 is 0. The van der Waals surface area contributed by atoms with Gasteiger partial charge in [-0.05, 0) is 62.3 Å². The van der Waals surface area contributed by atoms with Gasteiger partial charge in [-0.25, -0.2) is 4.39 Å². The van der Waals surface area contributed by atoms with E-state index >= 15 is 0 Å². The summed E-state index contributed by atoms with van der Waals surface area (Å²) in [6.45, 7) is 8.45. The van der Waals surface area contributed by atoms with Crippen LogP contribution in [-0.2, 0) is 11.2 Å². The van der Waals surface area contributed by atoms with E-state index in [-0.39, 0.29) is 53.8 Å². The molecule has 0 aliphatic carbocycles. The quantitative estimate of drug-likeness (QED) is 0.530. The Morgan fingerprint density at radius 3 is 2.20 bits per heavy atom. The molecule has 0 amide bonds. The summed E-state index contributed by atoms with van der Waals surface area (Å²) < 4.78 is 15.6. The van der Waals surface area contributed by atoms with Crippen LogP contribution in [0.3, 0.4) is 0 Å². The standard InChI is InChI=1S/C23H32FNO4.Na/c1-14(2)23-20(10-9-18(26)11-19(27)12-22(28)29)21(13-25(23)15(3)4)16-5-7-17(24)8-6-16;/h5-8,13-15,18-19,26-27H,9-12H2,1-4H3,(H,28,29);/q;+1/p-1/t18-,19-;/m0./s1. The van der Waals surface area contributed by atoms with Gasteiger partial charge >= 0.3 is 29.6 Å². The minimum atomic E-state index is -1.33. The molecule has 0 bridgehead atoms. The first-order valence-electron chi connectivity index (χ1n) is 10.2. The number of benzene rings is 1. The van der Waals surface area contributed by atoms with E-state index in [0.29, 0.717) is 12.8 Å². The number of halogens is 1. The molecule has 30 heavy (non-hydrogen) atoms. The Hall–Kier alpha value is -1.18. The number of aromatic nitrogens is 1. The summed E-state index contributed by atoms with van der Waals surface area (Å²) in [5.74, 6) is -1.37. The van der Waals surface area contributed by atoms with Crippen LogP contribution in [0.25, 0.3) is 11.1 Å². The summed E-state index contributed by atoms with van der Waals surface area (Å²) in [6.07, 6.45) is 0.587. The Kier molecular flexibility index (Phi) is 10.8. The van der Waals surface area contributed by atoms with Crippen molar-refractivity contribution in [2.75, 3.05) is 0 Å². The van der Waals surface area contributed by atoms with Gasteiger partial charge in [0.1, 0.15) is 5.82 Å². The first kappa shape index (κ1) is 26.9. The van der Waals surface area contributed by atoms with Crippen LogP contribution in [0.5, 0.6) is 0 Å². The predicted octanol–water partition coefficient (Wildman–Crippen LogP) is 0.187. The van der Waals surface area contributed by atoms with E-state index in [9.17, 15) is 24.5 Å². The number of aliphatic hydroxyl groups excluding tert-OH is 2. The molecule has 0 fully saturated rings. The zero-order valence-corrected chi connectivity index (χ0v) is 20.6. The second-order valence-electron chi connectivity index (χ2n) is 8.23. The summed E-state index contributed by atoms with van der Waals surface area (Å²) in [7, 11) is 0. The minimum absolute atomic E-state index is 0. The van der Waals surface area contributed by atoms with Crippen molar-refractivity contribution in [3.63, 3.8) is 0 Å². The van der Waals surface area contributed by atoms with Gasteiger partial charge in [0.05, 0.1) is 12.2 Å². The molecule has 0 aliphatic rings. The molecule has 2 rings (SSSR count). The summed E-state index contributed by atoms with van der Waals surface area (Å²) in [5, 5.41) is 30.7. The largest absolute Gasteiger partial charge is 1.00 e. The van der Waals surface area contributed by atoms with Crippen LogP contribution in [0.1, 0.15) is 70.2 Å². The second-order valence-corrected chi connectivity index (χ2v) is 8.23. The van der Waals surface area contributed by atoms with Crippen molar-refractivity contribution >= 4 is 5.97 Å². The van der Waals surface area contributed by atoms with Crippen LogP contribution in [0.2, 0.25) is 0 Å². The summed E-state index contributed by atoms with van der Waals surface area (Å²) in [5.41, 5.74) is 4.18. The van der Waals surface area contributed by atoms with Crippen LogP contribution in [-0.4, -0.2) is 33.0 Å². The van der Waals surface area contributed by atoms with Crippen molar-refractivity contribution in [3.8, 4) is 11.1 Å². The maximum Gasteiger partial charge on any atom is 1.00 e. The molecule has 2 atom stereocenters. The SMILES string of the molecule is CC(C)c1c(CC[C@H](O)C[C@H](O)CC(=O)[O-])c(-c2ccc(F)cc2)cn1C(C)C.[Na+]. The second kappa shape index (κ2) is 12.0. The molecule has 2 aromatic rings. The molecule has 0 aliphatic heterocycles. The van der Waals surface area contributed by atoms with Crippen LogP contribution < -0.4 is 34.7 Å². The molecule has 0 saturated carbocycles. The van der Waals surface area contributed by atoms with E-state index in [1.807, 2.05) is 0 Å². The molecular weight excluding hydrogens is 396 g/mol. The number of carboxylic acid groups (broad SMARTS) is 1. The first-order valence-corrected chi connectivity index (χ1v) is 10.2. The number of carbonyl (C=O) groups is 1. The van der Waals surface area contributed by atoms with Gasteiger partial charge in [0, 0.05) is 35.9 Å². The van der Waals surface area contributed by atoms with E-state index in [2.05, 4.69) is 38.5 Å². The fourth-order valence-corrected chi connectivity index (χ4v) is 3.81. The maximum atomic E-state index is 13.4. The fourth-order valence-electron chi connectivity index (χ4n) is 3.81. The summed E-state index contributed by atoms with van der Waals surface area (Å²) in [4.78, 5) is 10.6. The number of carbonyl (C=O) groups excluding carboxylic acids is 1. The van der Waals surface area contributed by atoms with Crippen molar-refractivity contribution in [2.45, 2.75) is 77.5 Å². The molecular formula is C23H31FNNaO4. The van der Waals surface area contributed by atoms with Gasteiger partial charge in [0.2, 0.25) is 0 Å². The van der Waals surface area contributed by atoms with Crippen molar-refractivity contribution in [2.24, 2.45) is 0 Å². The average molecular weight is 427 g/mol. The number of hydrogen-bond donors (Lipinski definition) is 2. The third-order valence-electron chi connectivity index (χ3n) is 5.11. The molecule has 0 saturated heterocycles. The first-order chi connectivity index (χ1) is 13.6. The Bertz CT molecular complexity index is 817. The predicted molar refractivity (Wildman–Crippen MR) is 109 cm³/mol. The average Bonchev–Trinajstić information content (AvgIpc) is 2.99. The molecule has 0 unspecified atom stereocenters. The van der Waals surface area contributed by atoms with E-state index < -0.39 is 24.6 Å². The normalized spacial score (nSPS) is 13.4. The van der Waals surface area contributed by atoms with E-state index in [4.69, 9.17) is 0 Å². The number of aliphatic hydroxyl groups is 2. The monoisotopic (exact) mass is 427 g/mol. The number of nitrogens with zero attached hydrogens (tertiary/aromatic N) is 1. The smallest absolute Gasteiger partial charge is 0.550 e. The molecule has 2 N–H and O–H groups in total. The van der Waals surface area contributed by atoms with Crippen LogP contribution >= 0.6 is 0 Å². The molecule has 5 nitrogen and oxygen atoms in total. The van der Waals surface area contributed by atoms with Gasteiger partial charge in [-0.2, -0.15) is 0 Å². The maximum absolute atomic E-state index is 13.4. The van der Waals surface area contributed by atoms with Crippen molar-refractivity contribution < 1.29 is 54.1 Å². The van der Waals surface area contributed by atoms with Crippen LogP contribution in [0, 0.1) is 5.82 Å². The van der Waals surface area contributed by atoms with Gasteiger partial charge in [-0.1, -0.05) is 26.0 Å². The third kappa shape index (κ3) is 7.20. The molecule has 0 spiro atoms. The Morgan fingerprint density at radius 1 is 1.10 bits per heavy atom. The summed E-state index contributed by atoms with van der Waals surface area (Å²) in [6, 6.07) is 6.62. The van der Waals surface area contributed by atoms with Crippen molar-refractivity contribution in [1.29, 1.82) is 0 Å². The Balaban J connectivity index is 0.00000450. The van der Waals surface area contributed by atoms with Gasteiger partial charge in [-0.15, -0.1) is 0 Å². The number of rotatable bonds is 10. The van der Waals surface area contributed by atoms with E-state index in [1.165, 1.54) is 17.8 Å². The van der Waals surface area contributed by atoms with Gasteiger partial charge in [0.15, 0.2) is 0 Å². The molecule has 1 aromatic heterocycles.